The van der Waals surface area contributed by atoms with Crippen LogP contribution >= 0.6 is 0 Å². The summed E-state index contributed by atoms with van der Waals surface area (Å²) in [6, 6.07) is 5.89. The Morgan fingerprint density at radius 1 is 1.42 bits per heavy atom. The first kappa shape index (κ1) is 7.47. The maximum absolute atomic E-state index is 5.45. The van der Waals surface area contributed by atoms with Gasteiger partial charge >= 0.3 is 0 Å². The number of ether oxygens (including phenoxy) is 2. The molecule has 1 radical (unpaired) electrons. The van der Waals surface area contributed by atoms with E-state index in [1.807, 2.05) is 18.2 Å². The van der Waals surface area contributed by atoms with E-state index in [0.29, 0.717) is 0 Å². The van der Waals surface area contributed by atoms with Crippen LogP contribution in [-0.4, -0.2) is 13.7 Å². The summed E-state index contributed by atoms with van der Waals surface area (Å²) in [7, 11) is 1.66. The van der Waals surface area contributed by atoms with Gasteiger partial charge in [0.25, 0.3) is 0 Å². The van der Waals surface area contributed by atoms with Gasteiger partial charge in [-0.05, 0) is 24.5 Å². The Morgan fingerprint density at radius 2 is 2.33 bits per heavy atom. The zero-order chi connectivity index (χ0) is 8.39. The largest absolute Gasteiger partial charge is 0.497 e. The zero-order valence-corrected chi connectivity index (χ0v) is 7.04. The predicted molar refractivity (Wildman–Crippen MR) is 46.5 cm³/mol. The number of hydrogen-bond donors (Lipinski definition) is 0. The lowest BCUT2D eigenvalue weighted by Gasteiger charge is -2.17. The van der Waals surface area contributed by atoms with Crippen LogP contribution in [0.5, 0.6) is 11.5 Å². The molecule has 2 heteroatoms. The first-order valence-corrected chi connectivity index (χ1v) is 4.04. The lowest BCUT2D eigenvalue weighted by Crippen LogP contribution is -2.06. The molecule has 1 aromatic rings. The normalized spacial score (nSPS) is 14.8. The molecule has 0 aliphatic carbocycles. The van der Waals surface area contributed by atoms with Gasteiger partial charge in [-0.2, -0.15) is 0 Å². The van der Waals surface area contributed by atoms with Gasteiger partial charge in [0.1, 0.15) is 11.5 Å². The molecule has 1 aromatic carbocycles. The Kier molecular flexibility index (Phi) is 1.90. The molecule has 0 unspecified atom stereocenters. The molecular formula is C10H11O2. The Hall–Kier alpha value is -1.18. The Labute approximate surface area is 72.1 Å². The summed E-state index contributed by atoms with van der Waals surface area (Å²) >= 11 is 0. The van der Waals surface area contributed by atoms with Crippen LogP contribution in [-0.2, 0) is 0 Å². The molecule has 0 spiro atoms. The predicted octanol–water partition coefficient (Wildman–Crippen LogP) is 2.03. The van der Waals surface area contributed by atoms with Crippen molar-refractivity contribution in [3.05, 3.63) is 30.2 Å². The molecule has 1 heterocycles. The fourth-order valence-electron chi connectivity index (χ4n) is 1.32. The van der Waals surface area contributed by atoms with Gasteiger partial charge in [0.05, 0.1) is 13.7 Å². The smallest absolute Gasteiger partial charge is 0.126 e. The minimum absolute atomic E-state index is 0.778. The standard InChI is InChI=1S/C10H11O2/c1-11-9-5-4-8-3-2-6-12-10(8)7-9/h3-5,7H,2,6H2,1H3. The number of methoxy groups -OCH3 is 1. The minimum Gasteiger partial charge on any atom is -0.497 e. The van der Waals surface area contributed by atoms with E-state index >= 15 is 0 Å². The first-order valence-electron chi connectivity index (χ1n) is 4.04. The Morgan fingerprint density at radius 3 is 3.17 bits per heavy atom. The molecule has 0 bridgehead atoms. The van der Waals surface area contributed by atoms with Gasteiger partial charge in [-0.15, -0.1) is 0 Å². The van der Waals surface area contributed by atoms with E-state index < -0.39 is 0 Å². The average Bonchev–Trinajstić information content (AvgIpc) is 2.17. The molecule has 63 valence electrons. The zero-order valence-electron chi connectivity index (χ0n) is 7.04. The summed E-state index contributed by atoms with van der Waals surface area (Å²) in [4.78, 5) is 0. The van der Waals surface area contributed by atoms with Crippen LogP contribution in [0, 0.1) is 6.42 Å². The van der Waals surface area contributed by atoms with Crippen molar-refractivity contribution < 1.29 is 9.47 Å². The van der Waals surface area contributed by atoms with E-state index in [-0.39, 0.29) is 0 Å². The maximum atomic E-state index is 5.45. The third-order valence-electron chi connectivity index (χ3n) is 1.96. The molecule has 0 saturated carbocycles. The van der Waals surface area contributed by atoms with E-state index in [1.54, 1.807) is 7.11 Å². The fourth-order valence-corrected chi connectivity index (χ4v) is 1.32. The molecule has 1 aliphatic rings. The summed E-state index contributed by atoms with van der Waals surface area (Å²) in [5.74, 6) is 1.78. The molecule has 2 rings (SSSR count). The highest BCUT2D eigenvalue weighted by Gasteiger charge is 2.10. The molecule has 0 N–H and O–H groups in total. The van der Waals surface area contributed by atoms with Gasteiger partial charge in [-0.1, -0.05) is 6.07 Å². The van der Waals surface area contributed by atoms with Crippen LogP contribution in [0.4, 0.5) is 0 Å². The average molecular weight is 163 g/mol. The molecule has 12 heavy (non-hydrogen) atoms. The van der Waals surface area contributed by atoms with Crippen LogP contribution in [0.3, 0.4) is 0 Å². The van der Waals surface area contributed by atoms with Crippen molar-refractivity contribution in [3.8, 4) is 11.5 Å². The van der Waals surface area contributed by atoms with Crippen molar-refractivity contribution in [2.45, 2.75) is 6.42 Å². The van der Waals surface area contributed by atoms with Crippen molar-refractivity contribution in [2.24, 2.45) is 0 Å². The highest BCUT2D eigenvalue weighted by atomic mass is 16.5. The molecule has 0 fully saturated rings. The second-order valence-corrected chi connectivity index (χ2v) is 2.75. The maximum Gasteiger partial charge on any atom is 0.126 e. The van der Waals surface area contributed by atoms with Gasteiger partial charge in [0.2, 0.25) is 0 Å². The van der Waals surface area contributed by atoms with E-state index in [2.05, 4.69) is 6.42 Å². The number of benzene rings is 1. The van der Waals surface area contributed by atoms with Gasteiger partial charge in [0.15, 0.2) is 0 Å². The molecular weight excluding hydrogens is 152 g/mol. The van der Waals surface area contributed by atoms with Crippen molar-refractivity contribution >= 4 is 0 Å². The van der Waals surface area contributed by atoms with Gasteiger partial charge in [-0.25, -0.2) is 0 Å². The highest BCUT2D eigenvalue weighted by molar-refractivity contribution is 5.45. The summed E-state index contributed by atoms with van der Waals surface area (Å²) < 4.78 is 10.5. The Balaban J connectivity index is 2.36. The molecule has 0 atom stereocenters. The Bertz CT molecular complexity index is 281. The molecule has 0 aromatic heterocycles. The van der Waals surface area contributed by atoms with Crippen molar-refractivity contribution in [3.63, 3.8) is 0 Å². The number of fused-ring (bicyclic) bond motifs is 1. The van der Waals surface area contributed by atoms with E-state index in [1.165, 1.54) is 5.56 Å². The minimum atomic E-state index is 0.778. The van der Waals surface area contributed by atoms with Crippen molar-refractivity contribution in [1.82, 2.24) is 0 Å². The SMILES string of the molecule is COc1ccc2c(c1)OCC[CH]2. The van der Waals surface area contributed by atoms with E-state index in [0.717, 1.165) is 24.5 Å². The molecule has 0 amide bonds. The van der Waals surface area contributed by atoms with Gasteiger partial charge in [-0.3, -0.25) is 0 Å². The summed E-state index contributed by atoms with van der Waals surface area (Å²) in [5.41, 5.74) is 1.17. The van der Waals surface area contributed by atoms with Gasteiger partial charge in [0, 0.05) is 6.07 Å². The van der Waals surface area contributed by atoms with E-state index in [4.69, 9.17) is 9.47 Å². The fraction of sp³-hybridized carbons (Fsp3) is 0.300. The second kappa shape index (κ2) is 3.05. The first-order chi connectivity index (χ1) is 5.90. The third kappa shape index (κ3) is 1.24. The summed E-state index contributed by atoms with van der Waals surface area (Å²) in [6.45, 7) is 0.778. The second-order valence-electron chi connectivity index (χ2n) is 2.75. The van der Waals surface area contributed by atoms with E-state index in [9.17, 15) is 0 Å². The van der Waals surface area contributed by atoms with Crippen LogP contribution < -0.4 is 9.47 Å². The molecule has 1 aliphatic heterocycles. The van der Waals surface area contributed by atoms with Gasteiger partial charge < -0.3 is 9.47 Å². The summed E-state index contributed by atoms with van der Waals surface area (Å²) in [5, 5.41) is 0. The van der Waals surface area contributed by atoms with Crippen LogP contribution in [0.2, 0.25) is 0 Å². The summed E-state index contributed by atoms with van der Waals surface area (Å²) in [6.07, 6.45) is 3.18. The van der Waals surface area contributed by atoms with Crippen molar-refractivity contribution in [2.75, 3.05) is 13.7 Å². The van der Waals surface area contributed by atoms with Crippen LogP contribution in [0.15, 0.2) is 18.2 Å². The van der Waals surface area contributed by atoms with Crippen molar-refractivity contribution in [1.29, 1.82) is 0 Å². The third-order valence-corrected chi connectivity index (χ3v) is 1.96. The monoisotopic (exact) mass is 163 g/mol. The lowest BCUT2D eigenvalue weighted by atomic mass is 10.1. The topological polar surface area (TPSA) is 18.5 Å². The highest BCUT2D eigenvalue weighted by Crippen LogP contribution is 2.29. The number of rotatable bonds is 1. The lowest BCUT2D eigenvalue weighted by molar-refractivity contribution is 0.303. The number of hydrogen-bond acceptors (Lipinski definition) is 2. The van der Waals surface area contributed by atoms with Crippen LogP contribution in [0.25, 0.3) is 0 Å². The molecule has 0 saturated heterocycles. The van der Waals surface area contributed by atoms with Crippen LogP contribution in [0.1, 0.15) is 12.0 Å². The molecule has 2 nitrogen and oxygen atoms in total. The quantitative estimate of drug-likeness (QED) is 0.630.